The average molecular weight is 270 g/mol. The second kappa shape index (κ2) is 8.54. The Bertz CT molecular complexity index is 261. The van der Waals surface area contributed by atoms with E-state index in [0.717, 1.165) is 32.3 Å². The minimum Gasteiger partial charge on any atom is -0.378 e. The highest BCUT2D eigenvalue weighted by Gasteiger charge is 2.31. The van der Waals surface area contributed by atoms with Crippen molar-refractivity contribution >= 4 is 5.91 Å². The molecule has 0 aromatic rings. The van der Waals surface area contributed by atoms with Gasteiger partial charge in [0.25, 0.3) is 0 Å². The summed E-state index contributed by atoms with van der Waals surface area (Å²) in [5, 5.41) is 2.97. The molecule has 0 bridgehead atoms. The molecule has 3 N–H and O–H groups in total. The van der Waals surface area contributed by atoms with Crippen LogP contribution >= 0.6 is 0 Å². The number of ether oxygens (including phenoxy) is 1. The molecule has 112 valence electrons. The van der Waals surface area contributed by atoms with E-state index >= 15 is 0 Å². The van der Waals surface area contributed by atoms with Crippen molar-refractivity contribution in [2.24, 2.45) is 17.6 Å². The summed E-state index contributed by atoms with van der Waals surface area (Å²) in [5.41, 5.74) is 6.09. The van der Waals surface area contributed by atoms with Crippen LogP contribution in [0.3, 0.4) is 0 Å². The number of hydrogen-bond donors (Lipinski definition) is 2. The highest BCUT2D eigenvalue weighted by Crippen LogP contribution is 2.32. The first-order valence-electron chi connectivity index (χ1n) is 7.74. The van der Waals surface area contributed by atoms with Crippen molar-refractivity contribution < 1.29 is 9.53 Å². The van der Waals surface area contributed by atoms with Crippen LogP contribution in [0.25, 0.3) is 0 Å². The molecule has 1 aliphatic carbocycles. The van der Waals surface area contributed by atoms with Gasteiger partial charge in [0.1, 0.15) is 0 Å². The van der Waals surface area contributed by atoms with E-state index in [9.17, 15) is 4.79 Å². The fourth-order valence-corrected chi connectivity index (χ4v) is 2.84. The number of hydrogen-bond acceptors (Lipinski definition) is 3. The molecule has 0 radical (unpaired) electrons. The molecule has 0 aliphatic heterocycles. The highest BCUT2D eigenvalue weighted by molar-refractivity contribution is 5.76. The molecule has 4 heteroatoms. The Morgan fingerprint density at radius 2 is 1.95 bits per heavy atom. The third-order valence-corrected chi connectivity index (χ3v) is 4.26. The number of carbonyl (C=O) groups excluding carboxylic acids is 1. The summed E-state index contributed by atoms with van der Waals surface area (Å²) < 4.78 is 5.50. The van der Waals surface area contributed by atoms with Gasteiger partial charge in [-0.25, -0.2) is 0 Å². The fraction of sp³-hybridized carbons (Fsp3) is 0.933. The van der Waals surface area contributed by atoms with Gasteiger partial charge in [-0.1, -0.05) is 26.7 Å². The molecule has 0 aromatic heterocycles. The summed E-state index contributed by atoms with van der Waals surface area (Å²) >= 11 is 0. The Labute approximate surface area is 117 Å². The molecule has 0 heterocycles. The first kappa shape index (κ1) is 16.4. The summed E-state index contributed by atoms with van der Waals surface area (Å²) in [5.74, 6) is 1.15. The number of nitrogens with two attached hydrogens (primary N) is 1. The van der Waals surface area contributed by atoms with Crippen molar-refractivity contribution in [3.8, 4) is 0 Å². The van der Waals surface area contributed by atoms with Crippen molar-refractivity contribution in [2.75, 3.05) is 13.2 Å². The van der Waals surface area contributed by atoms with Gasteiger partial charge < -0.3 is 15.8 Å². The number of nitrogens with one attached hydrogen (secondary N) is 1. The second-order valence-electron chi connectivity index (χ2n) is 5.66. The van der Waals surface area contributed by atoms with E-state index in [2.05, 4.69) is 19.2 Å². The smallest absolute Gasteiger partial charge is 0.220 e. The van der Waals surface area contributed by atoms with Gasteiger partial charge in [-0.3, -0.25) is 4.79 Å². The van der Waals surface area contributed by atoms with Gasteiger partial charge in [-0.2, -0.15) is 0 Å². The Hall–Kier alpha value is -0.610. The molecule has 0 aromatic carbocycles. The third kappa shape index (κ3) is 5.49. The number of carbonyl (C=O) groups is 1. The van der Waals surface area contributed by atoms with Crippen molar-refractivity contribution in [1.29, 1.82) is 0 Å². The molecule has 1 saturated carbocycles. The SMILES string of the molecule is CCOC1CC(CC(=O)NCC(N)C(CC)CC)C1. The molecule has 1 rings (SSSR count). The fourth-order valence-electron chi connectivity index (χ4n) is 2.84. The van der Waals surface area contributed by atoms with Gasteiger partial charge in [0, 0.05) is 25.6 Å². The molecular weight excluding hydrogens is 240 g/mol. The Morgan fingerprint density at radius 1 is 1.32 bits per heavy atom. The maximum absolute atomic E-state index is 11.8. The number of amides is 1. The van der Waals surface area contributed by atoms with E-state index in [1.165, 1.54) is 0 Å². The maximum Gasteiger partial charge on any atom is 0.220 e. The molecule has 1 aliphatic rings. The molecule has 19 heavy (non-hydrogen) atoms. The lowest BCUT2D eigenvalue weighted by Crippen LogP contribution is -2.43. The van der Waals surface area contributed by atoms with E-state index in [1.807, 2.05) is 6.92 Å². The Morgan fingerprint density at radius 3 is 2.47 bits per heavy atom. The first-order chi connectivity index (χ1) is 9.10. The Kier molecular flexibility index (Phi) is 7.39. The van der Waals surface area contributed by atoms with Crippen LogP contribution in [0.1, 0.15) is 52.9 Å². The predicted molar refractivity (Wildman–Crippen MR) is 77.8 cm³/mol. The van der Waals surface area contributed by atoms with Gasteiger partial charge in [0.15, 0.2) is 0 Å². The normalized spacial score (nSPS) is 24.1. The van der Waals surface area contributed by atoms with Crippen LogP contribution in [0, 0.1) is 11.8 Å². The van der Waals surface area contributed by atoms with Crippen molar-refractivity contribution in [3.05, 3.63) is 0 Å². The van der Waals surface area contributed by atoms with Crippen LogP contribution in [0.5, 0.6) is 0 Å². The monoisotopic (exact) mass is 270 g/mol. The standard InChI is InChI=1S/C15H30N2O2/c1-4-12(5-2)14(16)10-17-15(18)9-11-7-13(8-11)19-6-3/h11-14H,4-10,16H2,1-3H3,(H,17,18). The average Bonchev–Trinajstić information content (AvgIpc) is 2.35. The first-order valence-corrected chi connectivity index (χ1v) is 7.74. The molecule has 0 spiro atoms. The van der Waals surface area contributed by atoms with Gasteiger partial charge in [-0.05, 0) is 31.6 Å². The van der Waals surface area contributed by atoms with Gasteiger partial charge in [0.2, 0.25) is 5.91 Å². The second-order valence-corrected chi connectivity index (χ2v) is 5.66. The van der Waals surface area contributed by atoms with E-state index in [1.54, 1.807) is 0 Å². The van der Waals surface area contributed by atoms with E-state index in [0.29, 0.717) is 30.9 Å². The van der Waals surface area contributed by atoms with Crippen molar-refractivity contribution in [3.63, 3.8) is 0 Å². The van der Waals surface area contributed by atoms with Crippen LogP contribution in [0.15, 0.2) is 0 Å². The molecule has 1 amide bonds. The lowest BCUT2D eigenvalue weighted by molar-refractivity contribution is -0.124. The molecule has 1 fully saturated rings. The maximum atomic E-state index is 11.8. The Balaban J connectivity index is 2.12. The van der Waals surface area contributed by atoms with E-state index < -0.39 is 0 Å². The lowest BCUT2D eigenvalue weighted by atomic mass is 9.80. The largest absolute Gasteiger partial charge is 0.378 e. The van der Waals surface area contributed by atoms with Crippen molar-refractivity contribution in [1.82, 2.24) is 5.32 Å². The van der Waals surface area contributed by atoms with Crippen LogP contribution in [0.4, 0.5) is 0 Å². The minimum atomic E-state index is 0.0801. The molecule has 0 saturated heterocycles. The van der Waals surface area contributed by atoms with Gasteiger partial charge in [-0.15, -0.1) is 0 Å². The molecule has 1 unspecified atom stereocenters. The lowest BCUT2D eigenvalue weighted by Gasteiger charge is -2.34. The topological polar surface area (TPSA) is 64.3 Å². The van der Waals surface area contributed by atoms with Crippen LogP contribution < -0.4 is 11.1 Å². The van der Waals surface area contributed by atoms with E-state index in [4.69, 9.17) is 10.5 Å². The molecular formula is C15H30N2O2. The molecule has 1 atom stereocenters. The summed E-state index contributed by atoms with van der Waals surface area (Å²) in [6.45, 7) is 7.69. The van der Waals surface area contributed by atoms with Crippen LogP contribution in [0.2, 0.25) is 0 Å². The minimum absolute atomic E-state index is 0.0801. The highest BCUT2D eigenvalue weighted by atomic mass is 16.5. The van der Waals surface area contributed by atoms with Crippen LogP contribution in [-0.4, -0.2) is 31.2 Å². The summed E-state index contributed by atoms with van der Waals surface area (Å²) in [4.78, 5) is 11.8. The predicted octanol–water partition coefficient (Wildman–Crippen LogP) is 2.07. The zero-order chi connectivity index (χ0) is 14.3. The zero-order valence-corrected chi connectivity index (χ0v) is 12.7. The van der Waals surface area contributed by atoms with E-state index in [-0.39, 0.29) is 11.9 Å². The summed E-state index contributed by atoms with van der Waals surface area (Å²) in [7, 11) is 0. The number of rotatable bonds is 9. The van der Waals surface area contributed by atoms with Crippen LogP contribution in [-0.2, 0) is 9.53 Å². The third-order valence-electron chi connectivity index (χ3n) is 4.26. The quantitative estimate of drug-likeness (QED) is 0.674. The summed E-state index contributed by atoms with van der Waals surface area (Å²) in [6.07, 6.45) is 5.21. The van der Waals surface area contributed by atoms with Gasteiger partial charge in [0.05, 0.1) is 6.10 Å². The zero-order valence-electron chi connectivity index (χ0n) is 12.7. The molecule has 4 nitrogen and oxygen atoms in total. The summed E-state index contributed by atoms with van der Waals surface area (Å²) in [6, 6.07) is 0.0801. The van der Waals surface area contributed by atoms with Gasteiger partial charge >= 0.3 is 0 Å². The van der Waals surface area contributed by atoms with Crippen molar-refractivity contribution in [2.45, 2.75) is 65.0 Å².